The lowest BCUT2D eigenvalue weighted by molar-refractivity contribution is 0.0773. The van der Waals surface area contributed by atoms with E-state index in [0.717, 1.165) is 13.1 Å². The topological polar surface area (TPSA) is 41.4 Å². The largest absolute Gasteiger partial charge is 0.335 e. The third-order valence-corrected chi connectivity index (χ3v) is 4.40. The predicted octanol–water partition coefficient (Wildman–Crippen LogP) is 1.73. The van der Waals surface area contributed by atoms with E-state index in [2.05, 4.69) is 37.9 Å². The molecule has 5 nitrogen and oxygen atoms in total. The van der Waals surface area contributed by atoms with Crippen molar-refractivity contribution >= 4 is 17.5 Å². The van der Waals surface area contributed by atoms with Crippen molar-refractivity contribution in [3.05, 3.63) is 16.9 Å². The SMILES string of the molecule is CC(C)[C@@H]1CN(C(=O)c2nn(C)cc2Cl)C[C@H]1N(C)C. The number of aromatic nitrogens is 2. The molecule has 0 N–H and O–H groups in total. The molecular weight excluding hydrogens is 276 g/mol. The molecule has 0 aliphatic carbocycles. The smallest absolute Gasteiger partial charge is 0.275 e. The zero-order valence-corrected chi connectivity index (χ0v) is 13.6. The van der Waals surface area contributed by atoms with Crippen LogP contribution in [-0.2, 0) is 7.05 Å². The highest BCUT2D eigenvalue weighted by atomic mass is 35.5. The summed E-state index contributed by atoms with van der Waals surface area (Å²) >= 11 is 6.07. The molecule has 1 fully saturated rings. The molecule has 112 valence electrons. The van der Waals surface area contributed by atoms with Gasteiger partial charge >= 0.3 is 0 Å². The zero-order chi connectivity index (χ0) is 15.0. The van der Waals surface area contributed by atoms with Crippen LogP contribution in [0.4, 0.5) is 0 Å². The van der Waals surface area contributed by atoms with Gasteiger partial charge in [0.2, 0.25) is 0 Å². The molecule has 0 radical (unpaired) electrons. The monoisotopic (exact) mass is 298 g/mol. The molecule has 0 bridgehead atoms. The molecule has 1 aromatic heterocycles. The highest BCUT2D eigenvalue weighted by molar-refractivity contribution is 6.33. The molecule has 1 saturated heterocycles. The molecular formula is C14H23ClN4O. The van der Waals surface area contributed by atoms with Crippen LogP contribution < -0.4 is 0 Å². The summed E-state index contributed by atoms with van der Waals surface area (Å²) in [6, 6.07) is 0.390. The highest BCUT2D eigenvalue weighted by Gasteiger charge is 2.39. The number of aryl methyl sites for hydroxylation is 1. The van der Waals surface area contributed by atoms with Gasteiger partial charge in [0, 0.05) is 32.4 Å². The first-order chi connectivity index (χ1) is 9.31. The normalized spacial score (nSPS) is 23.1. The summed E-state index contributed by atoms with van der Waals surface area (Å²) in [6.07, 6.45) is 1.66. The molecule has 1 aliphatic heterocycles. The number of amides is 1. The van der Waals surface area contributed by atoms with Crippen molar-refractivity contribution < 1.29 is 4.79 Å². The van der Waals surface area contributed by atoms with Gasteiger partial charge < -0.3 is 9.80 Å². The van der Waals surface area contributed by atoms with E-state index in [9.17, 15) is 4.79 Å². The van der Waals surface area contributed by atoms with Crippen LogP contribution in [0.2, 0.25) is 5.02 Å². The van der Waals surface area contributed by atoms with E-state index < -0.39 is 0 Å². The molecule has 0 saturated carbocycles. The molecule has 2 heterocycles. The van der Waals surface area contributed by atoms with Crippen molar-refractivity contribution in [1.29, 1.82) is 0 Å². The minimum Gasteiger partial charge on any atom is -0.335 e. The molecule has 1 aromatic rings. The van der Waals surface area contributed by atoms with Crippen LogP contribution >= 0.6 is 11.6 Å². The van der Waals surface area contributed by atoms with Gasteiger partial charge in [-0.1, -0.05) is 25.4 Å². The second-order valence-corrected chi connectivity index (χ2v) is 6.56. The zero-order valence-electron chi connectivity index (χ0n) is 12.8. The minimum absolute atomic E-state index is 0.0643. The van der Waals surface area contributed by atoms with Gasteiger partial charge in [0.25, 0.3) is 5.91 Å². The molecule has 6 heteroatoms. The van der Waals surface area contributed by atoms with Crippen LogP contribution in [0, 0.1) is 11.8 Å². The van der Waals surface area contributed by atoms with E-state index in [1.54, 1.807) is 17.9 Å². The van der Waals surface area contributed by atoms with E-state index in [-0.39, 0.29) is 5.91 Å². The summed E-state index contributed by atoms with van der Waals surface area (Å²) in [5.74, 6) is 0.960. The van der Waals surface area contributed by atoms with Gasteiger partial charge in [-0.25, -0.2) is 0 Å². The van der Waals surface area contributed by atoms with Crippen LogP contribution in [0.15, 0.2) is 6.20 Å². The molecule has 1 aliphatic rings. The number of hydrogen-bond acceptors (Lipinski definition) is 3. The number of likely N-dealkylation sites (tertiary alicyclic amines) is 1. The van der Waals surface area contributed by atoms with E-state index in [0.29, 0.717) is 28.6 Å². The summed E-state index contributed by atoms with van der Waals surface area (Å²) in [5, 5.41) is 4.60. The number of carbonyl (C=O) groups excluding carboxylic acids is 1. The fourth-order valence-corrected chi connectivity index (χ4v) is 3.19. The Morgan fingerprint density at radius 1 is 1.45 bits per heavy atom. The Hall–Kier alpha value is -1.07. The van der Waals surface area contributed by atoms with Gasteiger partial charge in [0.15, 0.2) is 5.69 Å². The molecule has 2 rings (SSSR count). The Labute approximate surface area is 125 Å². The van der Waals surface area contributed by atoms with Gasteiger partial charge in [-0.05, 0) is 25.9 Å². The van der Waals surface area contributed by atoms with E-state index >= 15 is 0 Å². The molecule has 0 unspecified atom stereocenters. The molecule has 20 heavy (non-hydrogen) atoms. The Kier molecular flexibility index (Phi) is 4.39. The maximum Gasteiger partial charge on any atom is 0.275 e. The Morgan fingerprint density at radius 3 is 2.50 bits per heavy atom. The number of nitrogens with zero attached hydrogens (tertiary/aromatic N) is 4. The first-order valence-electron chi connectivity index (χ1n) is 6.96. The van der Waals surface area contributed by atoms with E-state index in [1.807, 2.05) is 4.90 Å². The van der Waals surface area contributed by atoms with Crippen molar-refractivity contribution in [3.63, 3.8) is 0 Å². The number of halogens is 1. The average molecular weight is 299 g/mol. The lowest BCUT2D eigenvalue weighted by Crippen LogP contribution is -2.37. The fraction of sp³-hybridized carbons (Fsp3) is 0.714. The van der Waals surface area contributed by atoms with Gasteiger partial charge in [-0.3, -0.25) is 9.48 Å². The van der Waals surface area contributed by atoms with Crippen molar-refractivity contribution in [1.82, 2.24) is 19.6 Å². The third kappa shape index (κ3) is 2.83. The van der Waals surface area contributed by atoms with Crippen LogP contribution in [0.25, 0.3) is 0 Å². The lowest BCUT2D eigenvalue weighted by Gasteiger charge is -2.27. The van der Waals surface area contributed by atoms with E-state index in [4.69, 9.17) is 11.6 Å². The average Bonchev–Trinajstić information content (AvgIpc) is 2.92. The quantitative estimate of drug-likeness (QED) is 0.853. The van der Waals surface area contributed by atoms with Gasteiger partial charge in [-0.15, -0.1) is 0 Å². The number of hydrogen-bond donors (Lipinski definition) is 0. The minimum atomic E-state index is -0.0643. The molecule has 1 amide bonds. The van der Waals surface area contributed by atoms with Crippen LogP contribution in [-0.4, -0.2) is 58.7 Å². The molecule has 0 aromatic carbocycles. The number of likely N-dealkylation sites (N-methyl/N-ethyl adjacent to an activating group) is 1. The van der Waals surface area contributed by atoms with Gasteiger partial charge in [0.05, 0.1) is 5.02 Å². The lowest BCUT2D eigenvalue weighted by atomic mass is 9.91. The number of carbonyl (C=O) groups is 1. The van der Waals surface area contributed by atoms with Crippen LogP contribution in [0.5, 0.6) is 0 Å². The highest BCUT2D eigenvalue weighted by Crippen LogP contribution is 2.29. The van der Waals surface area contributed by atoms with Crippen molar-refractivity contribution in [3.8, 4) is 0 Å². The van der Waals surface area contributed by atoms with Crippen LogP contribution in [0.1, 0.15) is 24.3 Å². The van der Waals surface area contributed by atoms with Crippen molar-refractivity contribution in [2.45, 2.75) is 19.9 Å². The van der Waals surface area contributed by atoms with E-state index in [1.165, 1.54) is 0 Å². The first-order valence-corrected chi connectivity index (χ1v) is 7.34. The summed E-state index contributed by atoms with van der Waals surface area (Å²) in [4.78, 5) is 16.6. The Bertz CT molecular complexity index is 481. The number of rotatable bonds is 3. The third-order valence-electron chi connectivity index (χ3n) is 4.13. The summed E-state index contributed by atoms with van der Waals surface area (Å²) < 4.78 is 1.58. The maximum absolute atomic E-state index is 12.6. The second kappa shape index (κ2) is 5.74. The molecule has 0 spiro atoms. The maximum atomic E-state index is 12.6. The van der Waals surface area contributed by atoms with Crippen molar-refractivity contribution in [2.24, 2.45) is 18.9 Å². The summed E-state index contributed by atoms with van der Waals surface area (Å²) in [7, 11) is 5.91. The van der Waals surface area contributed by atoms with Crippen LogP contribution in [0.3, 0.4) is 0 Å². The Morgan fingerprint density at radius 2 is 2.10 bits per heavy atom. The fourth-order valence-electron chi connectivity index (χ4n) is 2.93. The molecule has 2 atom stereocenters. The van der Waals surface area contributed by atoms with Crippen molar-refractivity contribution in [2.75, 3.05) is 27.2 Å². The standard InChI is InChI=1S/C14H23ClN4O/c1-9(2)10-6-19(8-12(10)17(3)4)14(20)13-11(15)7-18(5)16-13/h7,9-10,12H,6,8H2,1-5H3/t10-,12+/m0/s1. The Balaban J connectivity index is 2.18. The predicted molar refractivity (Wildman–Crippen MR) is 79.9 cm³/mol. The summed E-state index contributed by atoms with van der Waals surface area (Å²) in [6.45, 7) is 5.93. The summed E-state index contributed by atoms with van der Waals surface area (Å²) in [5.41, 5.74) is 0.357. The second-order valence-electron chi connectivity index (χ2n) is 6.15. The van der Waals surface area contributed by atoms with Gasteiger partial charge in [-0.2, -0.15) is 5.10 Å². The van der Waals surface area contributed by atoms with Gasteiger partial charge in [0.1, 0.15) is 0 Å². The first kappa shape index (κ1) is 15.3.